The lowest BCUT2D eigenvalue weighted by Crippen LogP contribution is -2.44. The molecule has 45 heavy (non-hydrogen) atoms. The highest BCUT2D eigenvalue weighted by Crippen LogP contribution is 2.42. The number of aromatic nitrogens is 2. The van der Waals surface area contributed by atoms with Crippen LogP contribution in [0.4, 0.5) is 11.6 Å². The molecule has 236 valence electrons. The van der Waals surface area contributed by atoms with Gasteiger partial charge >= 0.3 is 0 Å². The Morgan fingerprint density at radius 2 is 1.56 bits per heavy atom. The fourth-order valence-corrected chi connectivity index (χ4v) is 8.75. The van der Waals surface area contributed by atoms with Gasteiger partial charge in [-0.25, -0.2) is 26.8 Å². The highest BCUT2D eigenvalue weighted by Gasteiger charge is 2.28. The predicted octanol–water partition coefficient (Wildman–Crippen LogP) is 4.09. The molecule has 6 rings (SSSR count). The Balaban J connectivity index is 1.16. The van der Waals surface area contributed by atoms with Crippen LogP contribution in [0.1, 0.15) is 29.0 Å². The van der Waals surface area contributed by atoms with E-state index in [0.717, 1.165) is 79.9 Å². The standard InChI is InChI=1S/C33H38N6O4S2/c1-38-18-20-39(21-19-38)17-7-16-34-33-35-23-25-22-29(27-8-3-4-9-28(27)32(25)36-33)24-12-14-26(15-13-24)37-45(42,43)31-11-6-5-10-30(31)44(2,40)41/h3-6,8-15,23,29,37H,7,16-22H2,1-2H3,(H,34,35,36). The molecule has 1 aromatic heterocycles. The maximum atomic E-state index is 13.2. The Bertz CT molecular complexity index is 1890. The molecule has 10 nitrogen and oxygen atoms in total. The molecule has 1 unspecified atom stereocenters. The summed E-state index contributed by atoms with van der Waals surface area (Å²) in [6.07, 6.45) is 4.65. The van der Waals surface area contributed by atoms with E-state index < -0.39 is 19.9 Å². The number of nitrogens with one attached hydrogen (secondary N) is 2. The van der Waals surface area contributed by atoms with Crippen molar-refractivity contribution in [3.05, 3.63) is 95.7 Å². The quantitative estimate of drug-likeness (QED) is 0.245. The first-order chi connectivity index (χ1) is 21.6. The second-order valence-electron chi connectivity index (χ2n) is 11.8. The Labute approximate surface area is 265 Å². The average molecular weight is 647 g/mol. The van der Waals surface area contributed by atoms with Crippen molar-refractivity contribution in [2.24, 2.45) is 0 Å². The van der Waals surface area contributed by atoms with Crippen molar-refractivity contribution in [3.8, 4) is 11.3 Å². The van der Waals surface area contributed by atoms with Crippen LogP contribution in [0.2, 0.25) is 0 Å². The zero-order valence-corrected chi connectivity index (χ0v) is 27.1. The smallest absolute Gasteiger partial charge is 0.263 e. The molecule has 0 saturated carbocycles. The maximum absolute atomic E-state index is 13.2. The number of nitrogens with zero attached hydrogens (tertiary/aromatic N) is 4. The fourth-order valence-electron chi connectivity index (χ4n) is 6.06. The zero-order valence-electron chi connectivity index (χ0n) is 25.5. The van der Waals surface area contributed by atoms with Crippen LogP contribution in [0.5, 0.6) is 0 Å². The minimum absolute atomic E-state index is 0.0383. The molecular weight excluding hydrogens is 609 g/mol. The van der Waals surface area contributed by atoms with Crippen molar-refractivity contribution in [1.29, 1.82) is 0 Å². The van der Waals surface area contributed by atoms with Gasteiger partial charge in [0, 0.05) is 62.3 Å². The molecule has 3 aromatic carbocycles. The summed E-state index contributed by atoms with van der Waals surface area (Å²) >= 11 is 0. The topological polar surface area (TPSA) is 125 Å². The third-order valence-corrected chi connectivity index (χ3v) is 11.2. The summed E-state index contributed by atoms with van der Waals surface area (Å²) in [6.45, 7) is 6.33. The van der Waals surface area contributed by atoms with Crippen LogP contribution in [0, 0.1) is 0 Å². The molecule has 1 atom stereocenters. The SMILES string of the molecule is CN1CCN(CCCNc2ncc3c(n2)-c2ccccc2C(c2ccc(NS(=O)(=O)c4ccccc4S(C)(=O)=O)cc2)C3)CC1. The van der Waals surface area contributed by atoms with E-state index in [0.29, 0.717) is 18.1 Å². The Morgan fingerprint density at radius 3 is 2.29 bits per heavy atom. The molecule has 2 aliphatic rings. The van der Waals surface area contributed by atoms with Crippen LogP contribution in [0.15, 0.2) is 88.8 Å². The number of sulfone groups is 1. The van der Waals surface area contributed by atoms with E-state index in [2.05, 4.69) is 44.0 Å². The minimum Gasteiger partial charge on any atom is -0.354 e. The molecule has 2 N–H and O–H groups in total. The number of likely N-dealkylation sites (N-methyl/N-ethyl adjacent to an activating group) is 1. The van der Waals surface area contributed by atoms with Crippen molar-refractivity contribution in [2.75, 3.05) is 62.6 Å². The number of anilines is 2. The lowest BCUT2D eigenvalue weighted by atomic mass is 9.78. The van der Waals surface area contributed by atoms with Gasteiger partial charge in [-0.15, -0.1) is 0 Å². The van der Waals surface area contributed by atoms with Gasteiger partial charge in [0.1, 0.15) is 4.90 Å². The molecule has 0 amide bonds. The molecule has 0 spiro atoms. The van der Waals surface area contributed by atoms with Crippen molar-refractivity contribution in [2.45, 2.75) is 28.6 Å². The number of benzene rings is 3. The lowest BCUT2D eigenvalue weighted by Gasteiger charge is -2.32. The van der Waals surface area contributed by atoms with Gasteiger partial charge in [0.05, 0.1) is 10.6 Å². The van der Waals surface area contributed by atoms with E-state index in [9.17, 15) is 16.8 Å². The number of hydrogen-bond donors (Lipinski definition) is 2. The molecule has 1 saturated heterocycles. The van der Waals surface area contributed by atoms with E-state index in [1.165, 1.54) is 24.3 Å². The third kappa shape index (κ3) is 7.04. The highest BCUT2D eigenvalue weighted by molar-refractivity contribution is 7.95. The monoisotopic (exact) mass is 646 g/mol. The van der Waals surface area contributed by atoms with Crippen LogP contribution >= 0.6 is 0 Å². The summed E-state index contributed by atoms with van der Waals surface area (Å²) in [5, 5.41) is 3.42. The van der Waals surface area contributed by atoms with Crippen LogP contribution in [-0.2, 0) is 26.3 Å². The number of piperazine rings is 1. The molecular formula is C33H38N6O4S2. The molecule has 1 aliphatic heterocycles. The van der Waals surface area contributed by atoms with Crippen LogP contribution in [0.25, 0.3) is 11.3 Å². The van der Waals surface area contributed by atoms with E-state index in [4.69, 9.17) is 4.98 Å². The molecule has 4 aromatic rings. The molecule has 2 heterocycles. The van der Waals surface area contributed by atoms with Crippen molar-refractivity contribution in [1.82, 2.24) is 19.8 Å². The second kappa shape index (κ2) is 12.9. The number of rotatable bonds is 10. The van der Waals surface area contributed by atoms with E-state index in [1.54, 1.807) is 12.1 Å². The average Bonchev–Trinajstić information content (AvgIpc) is 3.03. The molecule has 0 bridgehead atoms. The van der Waals surface area contributed by atoms with Crippen LogP contribution < -0.4 is 10.0 Å². The molecule has 0 radical (unpaired) electrons. The zero-order chi connectivity index (χ0) is 31.6. The van der Waals surface area contributed by atoms with Gasteiger partial charge in [-0.2, -0.15) is 0 Å². The summed E-state index contributed by atoms with van der Waals surface area (Å²) in [5.74, 6) is 0.672. The van der Waals surface area contributed by atoms with Gasteiger partial charge in [0.2, 0.25) is 5.95 Å². The largest absolute Gasteiger partial charge is 0.354 e. The molecule has 12 heteroatoms. The summed E-state index contributed by atoms with van der Waals surface area (Å²) in [4.78, 5) is 13.9. The van der Waals surface area contributed by atoms with Gasteiger partial charge in [-0.3, -0.25) is 4.72 Å². The lowest BCUT2D eigenvalue weighted by molar-refractivity contribution is 0.154. The third-order valence-electron chi connectivity index (χ3n) is 8.51. The van der Waals surface area contributed by atoms with E-state index >= 15 is 0 Å². The Kier molecular flexibility index (Phi) is 8.91. The van der Waals surface area contributed by atoms with Crippen molar-refractivity contribution in [3.63, 3.8) is 0 Å². The fraction of sp³-hybridized carbons (Fsp3) is 0.333. The van der Waals surface area contributed by atoms with E-state index in [-0.39, 0.29) is 15.7 Å². The summed E-state index contributed by atoms with van der Waals surface area (Å²) in [7, 11) is -5.69. The first-order valence-corrected chi connectivity index (χ1v) is 18.5. The van der Waals surface area contributed by atoms with Crippen LogP contribution in [-0.4, -0.2) is 89.2 Å². The van der Waals surface area contributed by atoms with Crippen molar-refractivity contribution < 1.29 is 16.8 Å². The van der Waals surface area contributed by atoms with Gasteiger partial charge in [0.25, 0.3) is 10.0 Å². The molecule has 1 fully saturated rings. The maximum Gasteiger partial charge on any atom is 0.263 e. The summed E-state index contributed by atoms with van der Waals surface area (Å²) < 4.78 is 53.2. The first-order valence-electron chi connectivity index (χ1n) is 15.1. The number of sulfonamides is 1. The number of hydrogen-bond acceptors (Lipinski definition) is 9. The van der Waals surface area contributed by atoms with Gasteiger partial charge in [0.15, 0.2) is 9.84 Å². The summed E-state index contributed by atoms with van der Waals surface area (Å²) in [5.41, 5.74) is 5.59. The highest BCUT2D eigenvalue weighted by atomic mass is 32.2. The molecule has 1 aliphatic carbocycles. The minimum atomic E-state index is -4.13. The normalized spacial score (nSPS) is 17.3. The Hall–Kier alpha value is -3.84. The van der Waals surface area contributed by atoms with Gasteiger partial charge in [-0.1, -0.05) is 48.5 Å². The van der Waals surface area contributed by atoms with Crippen LogP contribution in [0.3, 0.4) is 0 Å². The predicted molar refractivity (Wildman–Crippen MR) is 177 cm³/mol. The Morgan fingerprint density at radius 1 is 0.867 bits per heavy atom. The first kappa shape index (κ1) is 31.2. The van der Waals surface area contributed by atoms with E-state index in [1.807, 2.05) is 30.5 Å². The van der Waals surface area contributed by atoms with Gasteiger partial charge in [-0.05, 0) is 67.4 Å². The summed E-state index contributed by atoms with van der Waals surface area (Å²) in [6, 6.07) is 21.1. The second-order valence-corrected chi connectivity index (χ2v) is 15.4. The van der Waals surface area contributed by atoms with Gasteiger partial charge < -0.3 is 15.1 Å². The van der Waals surface area contributed by atoms with Crippen molar-refractivity contribution >= 4 is 31.5 Å². The number of fused-ring (bicyclic) bond motifs is 3.